The standard InChI is InChI=1S/C19H19FO5/c1-22-18-13-14(4-10-19(21)23-2)3-9-17(18)25-12-11-24-16-7-5-15(20)6-8-16/h3-10,13H,11-12H2,1-2H3/b10-4+. The minimum Gasteiger partial charge on any atom is -0.493 e. The van der Waals surface area contributed by atoms with Crippen LogP contribution in [-0.2, 0) is 9.53 Å². The third-order valence-corrected chi connectivity index (χ3v) is 3.22. The summed E-state index contributed by atoms with van der Waals surface area (Å²) in [6.07, 6.45) is 2.95. The molecule has 0 saturated heterocycles. The van der Waals surface area contributed by atoms with Crippen LogP contribution in [-0.4, -0.2) is 33.4 Å². The molecule has 0 bridgehead atoms. The Labute approximate surface area is 145 Å². The lowest BCUT2D eigenvalue weighted by Gasteiger charge is -2.12. The quantitative estimate of drug-likeness (QED) is 0.416. The number of hydrogen-bond acceptors (Lipinski definition) is 5. The minimum atomic E-state index is -0.433. The minimum absolute atomic E-state index is 0.297. The van der Waals surface area contributed by atoms with Crippen LogP contribution in [0.25, 0.3) is 6.08 Å². The van der Waals surface area contributed by atoms with Gasteiger partial charge in [-0.15, -0.1) is 0 Å². The van der Waals surface area contributed by atoms with E-state index in [1.807, 2.05) is 0 Å². The molecule has 132 valence electrons. The van der Waals surface area contributed by atoms with Crippen molar-refractivity contribution >= 4 is 12.0 Å². The largest absolute Gasteiger partial charge is 0.493 e. The third kappa shape index (κ3) is 5.84. The zero-order chi connectivity index (χ0) is 18.1. The van der Waals surface area contributed by atoms with E-state index in [1.165, 1.54) is 32.4 Å². The van der Waals surface area contributed by atoms with Gasteiger partial charge in [0.05, 0.1) is 14.2 Å². The molecule has 0 unspecified atom stereocenters. The zero-order valence-electron chi connectivity index (χ0n) is 14.0. The van der Waals surface area contributed by atoms with Crippen LogP contribution in [0.2, 0.25) is 0 Å². The number of carbonyl (C=O) groups excluding carboxylic acids is 1. The molecular formula is C19H19FO5. The Morgan fingerprint density at radius 3 is 2.40 bits per heavy atom. The molecule has 0 amide bonds. The summed E-state index contributed by atoms with van der Waals surface area (Å²) in [4.78, 5) is 11.1. The van der Waals surface area contributed by atoms with E-state index < -0.39 is 5.97 Å². The predicted molar refractivity (Wildman–Crippen MR) is 91.4 cm³/mol. The van der Waals surface area contributed by atoms with Crippen LogP contribution < -0.4 is 14.2 Å². The molecule has 0 aliphatic carbocycles. The third-order valence-electron chi connectivity index (χ3n) is 3.22. The molecule has 0 N–H and O–H groups in total. The molecule has 0 aromatic heterocycles. The fraction of sp³-hybridized carbons (Fsp3) is 0.211. The van der Waals surface area contributed by atoms with Crippen molar-refractivity contribution in [3.63, 3.8) is 0 Å². The fourth-order valence-electron chi connectivity index (χ4n) is 1.98. The Kier molecular flexibility index (Phi) is 6.83. The van der Waals surface area contributed by atoms with Crippen molar-refractivity contribution in [2.75, 3.05) is 27.4 Å². The second kappa shape index (κ2) is 9.32. The van der Waals surface area contributed by atoms with Crippen LogP contribution in [0, 0.1) is 5.82 Å². The van der Waals surface area contributed by atoms with Crippen molar-refractivity contribution in [3.8, 4) is 17.2 Å². The van der Waals surface area contributed by atoms with Gasteiger partial charge < -0.3 is 18.9 Å². The summed E-state index contributed by atoms with van der Waals surface area (Å²) in [5.74, 6) is 0.918. The van der Waals surface area contributed by atoms with Gasteiger partial charge in [0.15, 0.2) is 11.5 Å². The Balaban J connectivity index is 1.89. The molecule has 2 rings (SSSR count). The number of carbonyl (C=O) groups is 1. The van der Waals surface area contributed by atoms with Crippen LogP contribution >= 0.6 is 0 Å². The lowest BCUT2D eigenvalue weighted by atomic mass is 10.2. The number of halogens is 1. The Morgan fingerprint density at radius 2 is 1.72 bits per heavy atom. The monoisotopic (exact) mass is 346 g/mol. The highest BCUT2D eigenvalue weighted by Gasteiger charge is 2.05. The van der Waals surface area contributed by atoms with Gasteiger partial charge in [0.2, 0.25) is 0 Å². The maximum atomic E-state index is 12.8. The SMILES string of the molecule is COC(=O)/C=C/c1ccc(OCCOc2ccc(F)cc2)c(OC)c1. The predicted octanol–water partition coefficient (Wildman–Crippen LogP) is 3.48. The van der Waals surface area contributed by atoms with Crippen LogP contribution in [0.15, 0.2) is 48.5 Å². The van der Waals surface area contributed by atoms with Crippen molar-refractivity contribution < 1.29 is 28.1 Å². The van der Waals surface area contributed by atoms with Crippen molar-refractivity contribution in [2.24, 2.45) is 0 Å². The Hall–Kier alpha value is -3.02. The number of esters is 1. The summed E-state index contributed by atoms with van der Waals surface area (Å²) in [7, 11) is 2.85. The second-order valence-electron chi connectivity index (χ2n) is 4.92. The zero-order valence-corrected chi connectivity index (χ0v) is 14.0. The summed E-state index contributed by atoms with van der Waals surface area (Å²) >= 11 is 0. The van der Waals surface area contributed by atoms with E-state index in [1.54, 1.807) is 36.4 Å². The molecule has 0 aliphatic rings. The molecule has 6 heteroatoms. The molecule has 0 radical (unpaired) electrons. The first-order valence-electron chi connectivity index (χ1n) is 7.57. The smallest absolute Gasteiger partial charge is 0.330 e. The van der Waals surface area contributed by atoms with Gasteiger partial charge in [-0.25, -0.2) is 9.18 Å². The Morgan fingerprint density at radius 1 is 1.00 bits per heavy atom. The average molecular weight is 346 g/mol. The number of methoxy groups -OCH3 is 2. The van der Waals surface area contributed by atoms with Gasteiger partial charge in [0.1, 0.15) is 24.8 Å². The topological polar surface area (TPSA) is 54.0 Å². The normalized spacial score (nSPS) is 10.5. The number of ether oxygens (including phenoxy) is 4. The summed E-state index contributed by atoms with van der Waals surface area (Å²) in [5, 5.41) is 0. The first-order chi connectivity index (χ1) is 12.1. The van der Waals surface area contributed by atoms with Crippen molar-refractivity contribution in [2.45, 2.75) is 0 Å². The average Bonchev–Trinajstić information content (AvgIpc) is 2.65. The van der Waals surface area contributed by atoms with Crippen LogP contribution in [0.1, 0.15) is 5.56 Å². The van der Waals surface area contributed by atoms with E-state index in [9.17, 15) is 9.18 Å². The number of benzene rings is 2. The first kappa shape index (κ1) is 18.3. The van der Waals surface area contributed by atoms with Gasteiger partial charge in [0, 0.05) is 6.08 Å². The molecule has 0 saturated carbocycles. The maximum Gasteiger partial charge on any atom is 0.330 e. The highest BCUT2D eigenvalue weighted by atomic mass is 19.1. The maximum absolute atomic E-state index is 12.8. The van der Waals surface area contributed by atoms with Gasteiger partial charge in [0.25, 0.3) is 0 Å². The van der Waals surface area contributed by atoms with Crippen LogP contribution in [0.4, 0.5) is 4.39 Å². The molecule has 0 fully saturated rings. The summed E-state index contributed by atoms with van der Waals surface area (Å²) < 4.78 is 33.7. The molecular weight excluding hydrogens is 327 g/mol. The fourth-order valence-corrected chi connectivity index (χ4v) is 1.98. The van der Waals surface area contributed by atoms with Gasteiger partial charge >= 0.3 is 5.97 Å². The lowest BCUT2D eigenvalue weighted by molar-refractivity contribution is -0.134. The lowest BCUT2D eigenvalue weighted by Crippen LogP contribution is -2.09. The molecule has 0 aliphatic heterocycles. The van der Waals surface area contributed by atoms with E-state index in [2.05, 4.69) is 4.74 Å². The van der Waals surface area contributed by atoms with E-state index in [0.29, 0.717) is 30.5 Å². The first-order valence-corrected chi connectivity index (χ1v) is 7.57. The van der Waals surface area contributed by atoms with Crippen molar-refractivity contribution in [1.29, 1.82) is 0 Å². The van der Waals surface area contributed by atoms with Crippen molar-refractivity contribution in [3.05, 3.63) is 59.9 Å². The van der Waals surface area contributed by atoms with Gasteiger partial charge in [-0.1, -0.05) is 6.07 Å². The highest BCUT2D eigenvalue weighted by Crippen LogP contribution is 2.28. The summed E-state index contributed by atoms with van der Waals surface area (Å²) in [6.45, 7) is 0.601. The van der Waals surface area contributed by atoms with E-state index in [-0.39, 0.29) is 5.82 Å². The second-order valence-corrected chi connectivity index (χ2v) is 4.92. The van der Waals surface area contributed by atoms with Crippen LogP contribution in [0.3, 0.4) is 0 Å². The molecule has 25 heavy (non-hydrogen) atoms. The number of rotatable bonds is 8. The molecule has 0 atom stereocenters. The van der Waals surface area contributed by atoms with Gasteiger partial charge in [-0.05, 0) is 48.0 Å². The van der Waals surface area contributed by atoms with E-state index >= 15 is 0 Å². The molecule has 2 aromatic rings. The van der Waals surface area contributed by atoms with Gasteiger partial charge in [-0.3, -0.25) is 0 Å². The molecule has 2 aromatic carbocycles. The van der Waals surface area contributed by atoms with E-state index in [0.717, 1.165) is 5.56 Å². The van der Waals surface area contributed by atoms with Crippen molar-refractivity contribution in [1.82, 2.24) is 0 Å². The van der Waals surface area contributed by atoms with Crippen LogP contribution in [0.5, 0.6) is 17.2 Å². The highest BCUT2D eigenvalue weighted by molar-refractivity contribution is 5.87. The molecule has 5 nitrogen and oxygen atoms in total. The summed E-state index contributed by atoms with van der Waals surface area (Å²) in [5.41, 5.74) is 0.775. The Bertz CT molecular complexity index is 725. The molecule has 0 spiro atoms. The van der Waals surface area contributed by atoms with Gasteiger partial charge in [-0.2, -0.15) is 0 Å². The molecule has 0 heterocycles. The summed E-state index contributed by atoms with van der Waals surface area (Å²) in [6, 6.07) is 11.1. The number of hydrogen-bond donors (Lipinski definition) is 0. The van der Waals surface area contributed by atoms with E-state index in [4.69, 9.17) is 14.2 Å².